The topological polar surface area (TPSA) is 78.9 Å². The fourth-order valence-corrected chi connectivity index (χ4v) is 2.40. The highest BCUT2D eigenvalue weighted by molar-refractivity contribution is 7.15. The summed E-state index contributed by atoms with van der Waals surface area (Å²) in [6, 6.07) is -0.195. The van der Waals surface area contributed by atoms with Crippen molar-refractivity contribution in [3.8, 4) is 0 Å². The lowest BCUT2D eigenvalue weighted by atomic mass is 9.98. The smallest absolute Gasteiger partial charge is 0.321 e. The van der Waals surface area contributed by atoms with E-state index in [4.69, 9.17) is 0 Å². The highest BCUT2D eigenvalue weighted by Gasteiger charge is 2.14. The summed E-state index contributed by atoms with van der Waals surface area (Å²) in [4.78, 5) is 11.6. The number of nitrogens with one attached hydrogen (secondary N) is 3. The van der Waals surface area contributed by atoms with Gasteiger partial charge in [-0.25, -0.2) is 4.79 Å². The van der Waals surface area contributed by atoms with E-state index in [9.17, 15) is 4.79 Å². The molecule has 3 N–H and O–H groups in total. The number of nitrogens with zero attached hydrogens (tertiary/aromatic N) is 2. The standard InChI is InChI=1S/C10H17N5OS/c1-7-14-15-10(17-7)13-9(16)12-6-8-2-4-11-5-3-8/h8,11H,2-6H2,1H3,(H2,12,13,15,16). The van der Waals surface area contributed by atoms with Gasteiger partial charge in [-0.15, -0.1) is 10.2 Å². The Balaban J connectivity index is 1.70. The van der Waals surface area contributed by atoms with E-state index >= 15 is 0 Å². The molecule has 1 aromatic heterocycles. The third-order valence-electron chi connectivity index (χ3n) is 2.76. The van der Waals surface area contributed by atoms with E-state index < -0.39 is 0 Å². The van der Waals surface area contributed by atoms with Crippen molar-refractivity contribution in [2.24, 2.45) is 5.92 Å². The predicted molar refractivity (Wildman–Crippen MR) is 67.3 cm³/mol. The highest BCUT2D eigenvalue weighted by atomic mass is 32.1. The number of hydrogen-bond donors (Lipinski definition) is 3. The van der Waals surface area contributed by atoms with Gasteiger partial charge in [-0.1, -0.05) is 11.3 Å². The lowest BCUT2D eigenvalue weighted by molar-refractivity contribution is 0.248. The molecule has 1 aliphatic rings. The molecule has 0 bridgehead atoms. The monoisotopic (exact) mass is 255 g/mol. The van der Waals surface area contributed by atoms with E-state index in [-0.39, 0.29) is 6.03 Å². The van der Waals surface area contributed by atoms with E-state index in [1.165, 1.54) is 11.3 Å². The first kappa shape index (κ1) is 12.3. The molecule has 0 atom stereocenters. The zero-order chi connectivity index (χ0) is 12.1. The molecule has 0 aliphatic carbocycles. The summed E-state index contributed by atoms with van der Waals surface area (Å²) in [6.07, 6.45) is 2.25. The number of amides is 2. The summed E-state index contributed by atoms with van der Waals surface area (Å²) in [5.74, 6) is 0.582. The molecule has 1 aromatic rings. The van der Waals surface area contributed by atoms with Crippen LogP contribution < -0.4 is 16.0 Å². The second-order valence-corrected chi connectivity index (χ2v) is 5.34. The Labute approximate surface area is 104 Å². The number of piperidine rings is 1. The van der Waals surface area contributed by atoms with Gasteiger partial charge >= 0.3 is 6.03 Å². The molecule has 1 fully saturated rings. The van der Waals surface area contributed by atoms with Crippen LogP contribution in [0, 0.1) is 12.8 Å². The minimum atomic E-state index is -0.195. The van der Waals surface area contributed by atoms with Crippen LogP contribution >= 0.6 is 11.3 Å². The van der Waals surface area contributed by atoms with Crippen LogP contribution in [0.2, 0.25) is 0 Å². The maximum Gasteiger partial charge on any atom is 0.321 e. The van der Waals surface area contributed by atoms with Crippen LogP contribution in [0.25, 0.3) is 0 Å². The quantitative estimate of drug-likeness (QED) is 0.752. The maximum absolute atomic E-state index is 11.6. The van der Waals surface area contributed by atoms with Gasteiger partial charge in [0.15, 0.2) is 0 Å². The fourth-order valence-electron chi connectivity index (χ4n) is 1.81. The first-order valence-electron chi connectivity index (χ1n) is 5.79. The molecule has 2 amide bonds. The SMILES string of the molecule is Cc1nnc(NC(=O)NCC2CCNCC2)s1. The number of hydrogen-bond acceptors (Lipinski definition) is 5. The fraction of sp³-hybridized carbons (Fsp3) is 0.700. The van der Waals surface area contributed by atoms with E-state index in [0.29, 0.717) is 11.0 Å². The molecule has 2 heterocycles. The minimum Gasteiger partial charge on any atom is -0.338 e. The molecular formula is C10H17N5OS. The average Bonchev–Trinajstić information content (AvgIpc) is 2.73. The number of aryl methyl sites for hydroxylation is 1. The first-order chi connectivity index (χ1) is 8.24. The Morgan fingerprint density at radius 1 is 1.47 bits per heavy atom. The van der Waals surface area contributed by atoms with Crippen molar-refractivity contribution in [3.05, 3.63) is 5.01 Å². The van der Waals surface area contributed by atoms with Gasteiger partial charge in [0.05, 0.1) is 0 Å². The Kier molecular flexibility index (Phi) is 4.27. The van der Waals surface area contributed by atoms with E-state index in [1.54, 1.807) is 0 Å². The van der Waals surface area contributed by atoms with Gasteiger partial charge in [-0.2, -0.15) is 0 Å². The summed E-state index contributed by atoms with van der Waals surface area (Å²) in [5.41, 5.74) is 0. The molecule has 0 spiro atoms. The second-order valence-electron chi connectivity index (χ2n) is 4.15. The number of aromatic nitrogens is 2. The predicted octanol–water partition coefficient (Wildman–Crippen LogP) is 0.968. The molecule has 1 saturated heterocycles. The van der Waals surface area contributed by atoms with Crippen LogP contribution in [0.1, 0.15) is 17.8 Å². The molecule has 6 nitrogen and oxygen atoms in total. The van der Waals surface area contributed by atoms with Gasteiger partial charge in [-0.05, 0) is 38.8 Å². The molecular weight excluding hydrogens is 238 g/mol. The Bertz CT molecular complexity index is 375. The molecule has 17 heavy (non-hydrogen) atoms. The Morgan fingerprint density at radius 2 is 2.24 bits per heavy atom. The van der Waals surface area contributed by atoms with Crippen molar-refractivity contribution in [3.63, 3.8) is 0 Å². The zero-order valence-electron chi connectivity index (χ0n) is 9.82. The number of carbonyl (C=O) groups is 1. The number of urea groups is 1. The summed E-state index contributed by atoms with van der Waals surface area (Å²) < 4.78 is 0. The number of anilines is 1. The molecule has 0 aromatic carbocycles. The lowest BCUT2D eigenvalue weighted by Gasteiger charge is -2.22. The zero-order valence-corrected chi connectivity index (χ0v) is 10.6. The van der Waals surface area contributed by atoms with Crippen molar-refractivity contribution < 1.29 is 4.79 Å². The van der Waals surface area contributed by atoms with Crippen molar-refractivity contribution in [2.45, 2.75) is 19.8 Å². The number of rotatable bonds is 3. The molecule has 0 unspecified atom stereocenters. The Morgan fingerprint density at radius 3 is 2.88 bits per heavy atom. The lowest BCUT2D eigenvalue weighted by Crippen LogP contribution is -2.37. The summed E-state index contributed by atoms with van der Waals surface area (Å²) in [7, 11) is 0. The average molecular weight is 255 g/mol. The van der Waals surface area contributed by atoms with Crippen LogP contribution in [-0.4, -0.2) is 35.9 Å². The van der Waals surface area contributed by atoms with Crippen molar-refractivity contribution in [1.29, 1.82) is 0 Å². The van der Waals surface area contributed by atoms with Crippen molar-refractivity contribution >= 4 is 22.5 Å². The van der Waals surface area contributed by atoms with Crippen LogP contribution in [0.3, 0.4) is 0 Å². The van der Waals surface area contributed by atoms with Gasteiger partial charge < -0.3 is 10.6 Å². The third-order valence-corrected chi connectivity index (χ3v) is 3.51. The van der Waals surface area contributed by atoms with Crippen LogP contribution in [0.5, 0.6) is 0 Å². The van der Waals surface area contributed by atoms with Gasteiger partial charge in [0.2, 0.25) is 5.13 Å². The van der Waals surface area contributed by atoms with E-state index in [2.05, 4.69) is 26.1 Å². The van der Waals surface area contributed by atoms with Crippen molar-refractivity contribution in [2.75, 3.05) is 25.0 Å². The maximum atomic E-state index is 11.6. The van der Waals surface area contributed by atoms with Crippen LogP contribution in [0.4, 0.5) is 9.93 Å². The highest BCUT2D eigenvalue weighted by Crippen LogP contribution is 2.13. The van der Waals surface area contributed by atoms with Crippen LogP contribution in [-0.2, 0) is 0 Å². The summed E-state index contributed by atoms with van der Waals surface area (Å²) >= 11 is 1.37. The minimum absolute atomic E-state index is 0.195. The number of carbonyl (C=O) groups excluding carboxylic acids is 1. The molecule has 94 valence electrons. The molecule has 1 aliphatic heterocycles. The van der Waals surface area contributed by atoms with Gasteiger partial charge in [0.25, 0.3) is 0 Å². The summed E-state index contributed by atoms with van der Waals surface area (Å²) in [6.45, 7) is 4.67. The van der Waals surface area contributed by atoms with Gasteiger partial charge in [0.1, 0.15) is 5.01 Å². The van der Waals surface area contributed by atoms with Gasteiger partial charge in [-0.3, -0.25) is 5.32 Å². The molecule has 0 radical (unpaired) electrons. The molecule has 2 rings (SSSR count). The second kappa shape index (κ2) is 5.92. The molecule has 7 heteroatoms. The van der Waals surface area contributed by atoms with Gasteiger partial charge in [0, 0.05) is 6.54 Å². The molecule has 0 saturated carbocycles. The summed E-state index contributed by atoms with van der Waals surface area (Å²) in [5, 5.41) is 17.9. The van der Waals surface area contributed by atoms with Crippen molar-refractivity contribution in [1.82, 2.24) is 20.8 Å². The first-order valence-corrected chi connectivity index (χ1v) is 6.61. The van der Waals surface area contributed by atoms with E-state index in [0.717, 1.165) is 37.5 Å². The van der Waals surface area contributed by atoms with E-state index in [1.807, 2.05) is 6.92 Å². The normalized spacial score (nSPS) is 16.8. The third kappa shape index (κ3) is 3.94. The Hall–Kier alpha value is -1.21. The largest absolute Gasteiger partial charge is 0.338 e. The van der Waals surface area contributed by atoms with Crippen LogP contribution in [0.15, 0.2) is 0 Å².